The summed E-state index contributed by atoms with van der Waals surface area (Å²) in [6, 6.07) is 10.1. The van der Waals surface area contributed by atoms with E-state index in [4.69, 9.17) is 9.47 Å². The van der Waals surface area contributed by atoms with Gasteiger partial charge in [-0.3, -0.25) is 4.79 Å². The van der Waals surface area contributed by atoms with Crippen LogP contribution in [0.1, 0.15) is 35.3 Å². The number of carbonyl (C=O) groups is 1. The third kappa shape index (κ3) is 4.35. The lowest BCUT2D eigenvalue weighted by atomic mass is 9.83. The molecule has 0 radical (unpaired) electrons. The molecule has 0 spiro atoms. The highest BCUT2D eigenvalue weighted by Gasteiger charge is 2.32. The normalized spacial score (nSPS) is 14.0. The molecule has 1 N–H and O–H groups in total. The molecule has 4 nitrogen and oxygen atoms in total. The van der Waals surface area contributed by atoms with Crippen molar-refractivity contribution < 1.29 is 27.4 Å². The molecule has 27 heavy (non-hydrogen) atoms. The molecule has 0 saturated heterocycles. The van der Waals surface area contributed by atoms with E-state index in [1.165, 1.54) is 6.07 Å². The van der Waals surface area contributed by atoms with Gasteiger partial charge in [-0.2, -0.15) is 13.2 Å². The molecule has 1 amide bonds. The zero-order valence-corrected chi connectivity index (χ0v) is 15.0. The summed E-state index contributed by atoms with van der Waals surface area (Å²) in [5, 5.41) is 2.79. The molecular weight excluding hydrogens is 359 g/mol. The molecule has 0 aliphatic carbocycles. The average molecular weight is 379 g/mol. The summed E-state index contributed by atoms with van der Waals surface area (Å²) in [5.41, 5.74) is -0.477. The molecule has 144 valence electrons. The van der Waals surface area contributed by atoms with Crippen molar-refractivity contribution in [3.63, 3.8) is 0 Å². The maximum atomic E-state index is 12.9. The summed E-state index contributed by atoms with van der Waals surface area (Å²) in [4.78, 5) is 12.4. The third-order valence-corrected chi connectivity index (χ3v) is 4.47. The first-order valence-electron chi connectivity index (χ1n) is 8.52. The van der Waals surface area contributed by atoms with Crippen LogP contribution in [-0.2, 0) is 11.6 Å². The number of amides is 1. The lowest BCUT2D eigenvalue weighted by molar-refractivity contribution is -0.137. The molecule has 1 aliphatic rings. The summed E-state index contributed by atoms with van der Waals surface area (Å²) in [7, 11) is 0. The van der Waals surface area contributed by atoms with E-state index >= 15 is 0 Å². The van der Waals surface area contributed by atoms with Gasteiger partial charge >= 0.3 is 6.18 Å². The van der Waals surface area contributed by atoms with Gasteiger partial charge in [-0.1, -0.05) is 32.0 Å². The van der Waals surface area contributed by atoms with E-state index in [-0.39, 0.29) is 12.5 Å². The molecular formula is C20H20F3NO3. The van der Waals surface area contributed by atoms with Gasteiger partial charge in [0.2, 0.25) is 0 Å². The van der Waals surface area contributed by atoms with Crippen LogP contribution in [0.2, 0.25) is 0 Å². The summed E-state index contributed by atoms with van der Waals surface area (Å²) in [6.07, 6.45) is -4.40. The molecule has 0 unspecified atom stereocenters. The number of carbonyl (C=O) groups excluding carboxylic acids is 1. The van der Waals surface area contributed by atoms with Crippen molar-refractivity contribution >= 4 is 5.91 Å². The van der Waals surface area contributed by atoms with E-state index in [9.17, 15) is 18.0 Å². The number of fused-ring (bicyclic) bond motifs is 1. The van der Waals surface area contributed by atoms with Gasteiger partial charge in [0.15, 0.2) is 11.5 Å². The van der Waals surface area contributed by atoms with E-state index in [1.807, 2.05) is 0 Å². The Morgan fingerprint density at radius 2 is 1.67 bits per heavy atom. The SMILES string of the molecule is CC(C)(CNC(=O)c1ccc2c(c1)OCCO2)c1cccc(C(F)(F)F)c1. The zero-order valence-electron chi connectivity index (χ0n) is 15.0. The van der Waals surface area contributed by atoms with Gasteiger partial charge in [0.05, 0.1) is 5.56 Å². The minimum Gasteiger partial charge on any atom is -0.486 e. The Bertz CT molecular complexity index is 847. The summed E-state index contributed by atoms with van der Waals surface area (Å²) in [5.74, 6) is 0.764. The van der Waals surface area contributed by atoms with Gasteiger partial charge in [-0.05, 0) is 29.8 Å². The van der Waals surface area contributed by atoms with E-state index in [0.29, 0.717) is 35.8 Å². The molecule has 0 atom stereocenters. The van der Waals surface area contributed by atoms with Crippen molar-refractivity contribution in [2.24, 2.45) is 0 Å². The topological polar surface area (TPSA) is 47.6 Å². The number of benzene rings is 2. The average Bonchev–Trinajstić information content (AvgIpc) is 2.65. The van der Waals surface area contributed by atoms with Crippen molar-refractivity contribution in [3.05, 3.63) is 59.2 Å². The number of alkyl halides is 3. The number of rotatable bonds is 4. The molecule has 3 rings (SSSR count). The quantitative estimate of drug-likeness (QED) is 0.867. The molecule has 0 saturated carbocycles. The Morgan fingerprint density at radius 3 is 2.37 bits per heavy atom. The molecule has 7 heteroatoms. The van der Waals surface area contributed by atoms with Crippen molar-refractivity contribution in [2.75, 3.05) is 19.8 Å². The van der Waals surface area contributed by atoms with Crippen LogP contribution in [0.15, 0.2) is 42.5 Å². The second-order valence-corrected chi connectivity index (χ2v) is 7.00. The fraction of sp³-hybridized carbons (Fsp3) is 0.350. The second-order valence-electron chi connectivity index (χ2n) is 7.00. The van der Waals surface area contributed by atoms with E-state index < -0.39 is 17.2 Å². The second kappa shape index (κ2) is 7.13. The molecule has 0 aromatic heterocycles. The Hall–Kier alpha value is -2.70. The maximum Gasteiger partial charge on any atom is 0.416 e. The molecule has 0 bridgehead atoms. The molecule has 1 aliphatic heterocycles. The zero-order chi connectivity index (χ0) is 19.7. The number of hydrogen-bond donors (Lipinski definition) is 1. The van der Waals surface area contributed by atoms with Crippen LogP contribution >= 0.6 is 0 Å². The van der Waals surface area contributed by atoms with Crippen molar-refractivity contribution in [3.8, 4) is 11.5 Å². The smallest absolute Gasteiger partial charge is 0.416 e. The number of ether oxygens (including phenoxy) is 2. The number of halogens is 3. The molecule has 2 aromatic rings. The van der Waals surface area contributed by atoms with Gasteiger partial charge < -0.3 is 14.8 Å². The molecule has 1 heterocycles. The van der Waals surface area contributed by atoms with Crippen LogP contribution in [0.3, 0.4) is 0 Å². The number of hydrogen-bond acceptors (Lipinski definition) is 3. The van der Waals surface area contributed by atoms with Crippen LogP contribution in [0.5, 0.6) is 11.5 Å². The van der Waals surface area contributed by atoms with Crippen molar-refractivity contribution in [2.45, 2.75) is 25.4 Å². The van der Waals surface area contributed by atoms with Crippen LogP contribution in [0.4, 0.5) is 13.2 Å². The first kappa shape index (κ1) is 19.1. The highest BCUT2D eigenvalue weighted by molar-refractivity contribution is 5.95. The van der Waals surface area contributed by atoms with Crippen LogP contribution < -0.4 is 14.8 Å². The lowest BCUT2D eigenvalue weighted by Gasteiger charge is -2.26. The van der Waals surface area contributed by atoms with Gasteiger partial charge in [0.25, 0.3) is 5.91 Å². The van der Waals surface area contributed by atoms with Gasteiger partial charge in [-0.15, -0.1) is 0 Å². The van der Waals surface area contributed by atoms with E-state index in [1.54, 1.807) is 38.1 Å². The first-order chi connectivity index (χ1) is 12.7. The lowest BCUT2D eigenvalue weighted by Crippen LogP contribution is -2.36. The van der Waals surface area contributed by atoms with Crippen LogP contribution in [0, 0.1) is 0 Å². The number of nitrogens with one attached hydrogen (secondary N) is 1. The fourth-order valence-electron chi connectivity index (χ4n) is 2.81. The maximum absolute atomic E-state index is 12.9. The largest absolute Gasteiger partial charge is 0.486 e. The Balaban J connectivity index is 1.71. The minimum absolute atomic E-state index is 0.182. The Labute approximate surface area is 155 Å². The Kier molecular flexibility index (Phi) is 5.04. The highest BCUT2D eigenvalue weighted by Crippen LogP contribution is 2.33. The van der Waals surface area contributed by atoms with Crippen LogP contribution in [-0.4, -0.2) is 25.7 Å². The van der Waals surface area contributed by atoms with Crippen LogP contribution in [0.25, 0.3) is 0 Å². The molecule has 2 aromatic carbocycles. The van der Waals surface area contributed by atoms with Gasteiger partial charge in [-0.25, -0.2) is 0 Å². The highest BCUT2D eigenvalue weighted by atomic mass is 19.4. The minimum atomic E-state index is -4.40. The third-order valence-electron chi connectivity index (χ3n) is 4.47. The molecule has 0 fully saturated rings. The van der Waals surface area contributed by atoms with Crippen molar-refractivity contribution in [1.82, 2.24) is 5.32 Å². The summed E-state index contributed by atoms with van der Waals surface area (Å²) in [6.45, 7) is 4.63. The van der Waals surface area contributed by atoms with E-state index in [0.717, 1.165) is 12.1 Å². The Morgan fingerprint density at radius 1 is 1.00 bits per heavy atom. The standard InChI is InChI=1S/C20H20F3NO3/c1-19(2,14-4-3-5-15(11-14)20(21,22)23)12-24-18(25)13-6-7-16-17(10-13)27-9-8-26-16/h3-7,10-11H,8-9,12H2,1-2H3,(H,24,25). The fourth-order valence-corrected chi connectivity index (χ4v) is 2.81. The predicted molar refractivity (Wildman–Crippen MR) is 94.2 cm³/mol. The van der Waals surface area contributed by atoms with E-state index in [2.05, 4.69) is 5.32 Å². The summed E-state index contributed by atoms with van der Waals surface area (Å²) < 4.78 is 49.7. The summed E-state index contributed by atoms with van der Waals surface area (Å²) >= 11 is 0. The van der Waals surface area contributed by atoms with Gasteiger partial charge in [0.1, 0.15) is 13.2 Å². The van der Waals surface area contributed by atoms with Crippen molar-refractivity contribution in [1.29, 1.82) is 0 Å². The van der Waals surface area contributed by atoms with Gasteiger partial charge in [0, 0.05) is 17.5 Å². The predicted octanol–water partition coefficient (Wildman–Crippen LogP) is 4.18. The monoisotopic (exact) mass is 379 g/mol. The first-order valence-corrected chi connectivity index (χ1v) is 8.52.